The quantitative estimate of drug-likeness (QED) is 0.443. The van der Waals surface area contributed by atoms with Gasteiger partial charge in [0.25, 0.3) is 17.7 Å². The molecule has 0 N–H and O–H groups in total. The molecule has 3 aromatic rings. The molecule has 1 aromatic heterocycles. The lowest BCUT2D eigenvalue weighted by molar-refractivity contribution is -0.122. The fourth-order valence-corrected chi connectivity index (χ4v) is 4.35. The number of imide groups is 1. The van der Waals surface area contributed by atoms with Gasteiger partial charge >= 0.3 is 5.97 Å². The van der Waals surface area contributed by atoms with Crippen molar-refractivity contribution < 1.29 is 28.3 Å². The second-order valence-electron chi connectivity index (χ2n) is 8.06. The lowest BCUT2D eigenvalue weighted by atomic mass is 10.1. The van der Waals surface area contributed by atoms with E-state index in [4.69, 9.17) is 9.15 Å². The summed E-state index contributed by atoms with van der Waals surface area (Å²) in [6.07, 6.45) is 2.20. The van der Waals surface area contributed by atoms with E-state index >= 15 is 0 Å². The van der Waals surface area contributed by atoms with Crippen LogP contribution in [0.15, 0.2) is 65.3 Å². The first-order valence-corrected chi connectivity index (χ1v) is 10.5. The van der Waals surface area contributed by atoms with Crippen molar-refractivity contribution in [3.05, 3.63) is 88.9 Å². The minimum atomic E-state index is -0.740. The van der Waals surface area contributed by atoms with Crippen LogP contribution in [0.2, 0.25) is 0 Å². The Morgan fingerprint density at radius 2 is 1.82 bits per heavy atom. The van der Waals surface area contributed by atoms with Gasteiger partial charge in [-0.1, -0.05) is 18.2 Å². The molecule has 0 bridgehead atoms. The van der Waals surface area contributed by atoms with Gasteiger partial charge in [0.05, 0.1) is 29.5 Å². The van der Waals surface area contributed by atoms with E-state index in [1.807, 2.05) is 31.2 Å². The van der Waals surface area contributed by atoms with Crippen LogP contribution in [0.5, 0.6) is 0 Å². The number of furan rings is 1. The lowest BCUT2D eigenvalue weighted by Crippen LogP contribution is -2.38. The number of benzene rings is 2. The summed E-state index contributed by atoms with van der Waals surface area (Å²) in [5.74, 6) is -1.56. The maximum Gasteiger partial charge on any atom is 0.338 e. The Kier molecular flexibility index (Phi) is 5.05. The highest BCUT2D eigenvalue weighted by Gasteiger charge is 2.37. The fraction of sp³-hybridized carbons (Fsp3) is 0.200. The average Bonchev–Trinajstić information content (AvgIpc) is 3.51. The van der Waals surface area contributed by atoms with Gasteiger partial charge in [0.2, 0.25) is 0 Å². The molecule has 0 spiro atoms. The molecule has 166 valence electrons. The highest BCUT2D eigenvalue weighted by Crippen LogP contribution is 2.32. The maximum atomic E-state index is 12.8. The Labute approximate surface area is 189 Å². The molecule has 0 saturated heterocycles. The topological polar surface area (TPSA) is 97.1 Å². The number of carbonyl (C=O) groups is 4. The lowest BCUT2D eigenvalue weighted by Gasteiger charge is -2.22. The molecule has 2 aromatic carbocycles. The van der Waals surface area contributed by atoms with Crippen molar-refractivity contribution in [3.63, 3.8) is 0 Å². The van der Waals surface area contributed by atoms with E-state index in [-0.39, 0.29) is 35.2 Å². The van der Waals surface area contributed by atoms with Gasteiger partial charge in [-0.2, -0.15) is 0 Å². The molecule has 1 unspecified atom stereocenters. The molecule has 3 amide bonds. The molecule has 3 heterocycles. The van der Waals surface area contributed by atoms with Gasteiger partial charge in [-0.25, -0.2) is 4.79 Å². The number of rotatable bonds is 5. The highest BCUT2D eigenvalue weighted by atomic mass is 16.5. The summed E-state index contributed by atoms with van der Waals surface area (Å²) < 4.78 is 10.5. The Bertz CT molecular complexity index is 1280. The molecule has 2 aliphatic rings. The van der Waals surface area contributed by atoms with Crippen molar-refractivity contribution in [1.29, 1.82) is 0 Å². The average molecular weight is 444 g/mol. The fourth-order valence-electron chi connectivity index (χ4n) is 4.35. The molecule has 5 rings (SSSR count). The number of fused-ring (bicyclic) bond motifs is 2. The van der Waals surface area contributed by atoms with Crippen molar-refractivity contribution >= 4 is 29.4 Å². The molecule has 33 heavy (non-hydrogen) atoms. The Morgan fingerprint density at radius 3 is 2.61 bits per heavy atom. The number of carbonyl (C=O) groups excluding carboxylic acids is 4. The van der Waals surface area contributed by atoms with E-state index in [2.05, 4.69) is 0 Å². The van der Waals surface area contributed by atoms with Gasteiger partial charge in [0.1, 0.15) is 5.76 Å². The van der Waals surface area contributed by atoms with Crippen LogP contribution in [0.25, 0.3) is 0 Å². The Balaban J connectivity index is 1.27. The van der Waals surface area contributed by atoms with E-state index in [0.717, 1.165) is 22.6 Å². The zero-order chi connectivity index (χ0) is 23.1. The summed E-state index contributed by atoms with van der Waals surface area (Å²) in [6.45, 7) is 1.52. The van der Waals surface area contributed by atoms with Crippen LogP contribution in [-0.4, -0.2) is 41.2 Å². The van der Waals surface area contributed by atoms with E-state index in [9.17, 15) is 19.2 Å². The van der Waals surface area contributed by atoms with Crippen LogP contribution in [0.1, 0.15) is 49.3 Å². The van der Waals surface area contributed by atoms with Gasteiger partial charge in [0, 0.05) is 11.7 Å². The molecule has 8 heteroatoms. The number of esters is 1. The molecule has 1 atom stereocenters. The van der Waals surface area contributed by atoms with Crippen molar-refractivity contribution in [2.45, 2.75) is 25.9 Å². The van der Waals surface area contributed by atoms with Gasteiger partial charge in [-0.15, -0.1) is 0 Å². The standard InChI is InChI=1S/C25H20N2O6/c1-15-11-16-5-2-3-7-21(16)27(15)22(28)14-33-25(31)17-8-9-19-20(12-17)24(30)26(23(19)29)13-18-6-4-10-32-18/h2-10,12,15H,11,13-14H2,1H3. The van der Waals surface area contributed by atoms with E-state index < -0.39 is 24.4 Å². The third-order valence-electron chi connectivity index (χ3n) is 5.90. The van der Waals surface area contributed by atoms with E-state index in [1.54, 1.807) is 17.0 Å². The van der Waals surface area contributed by atoms with Crippen LogP contribution in [0, 0.1) is 0 Å². The smallest absolute Gasteiger partial charge is 0.338 e. The summed E-state index contributed by atoms with van der Waals surface area (Å²) in [5, 5.41) is 0. The summed E-state index contributed by atoms with van der Waals surface area (Å²) in [5.41, 5.74) is 2.32. The molecular weight excluding hydrogens is 424 g/mol. The second kappa shape index (κ2) is 8.05. The number of amides is 3. The number of hydrogen-bond acceptors (Lipinski definition) is 6. The predicted octanol–water partition coefficient (Wildman–Crippen LogP) is 3.21. The second-order valence-corrected chi connectivity index (χ2v) is 8.06. The molecule has 8 nitrogen and oxygen atoms in total. The minimum Gasteiger partial charge on any atom is -0.467 e. The summed E-state index contributed by atoms with van der Waals surface area (Å²) >= 11 is 0. The van der Waals surface area contributed by atoms with Gasteiger partial charge in [0.15, 0.2) is 6.61 Å². The van der Waals surface area contributed by atoms with Gasteiger partial charge in [-0.3, -0.25) is 19.3 Å². The first-order chi connectivity index (χ1) is 15.9. The molecule has 0 saturated carbocycles. The number of nitrogens with zero attached hydrogens (tertiary/aromatic N) is 2. The monoisotopic (exact) mass is 444 g/mol. The SMILES string of the molecule is CC1Cc2ccccc2N1C(=O)COC(=O)c1ccc2c(c1)C(=O)N(Cc1ccco1)C2=O. The molecule has 0 aliphatic carbocycles. The van der Waals surface area contributed by atoms with E-state index in [0.29, 0.717) is 5.76 Å². The van der Waals surface area contributed by atoms with Crippen LogP contribution < -0.4 is 4.90 Å². The number of hydrogen-bond donors (Lipinski definition) is 0. The van der Waals surface area contributed by atoms with Crippen LogP contribution in [0.3, 0.4) is 0 Å². The van der Waals surface area contributed by atoms with Crippen LogP contribution in [0.4, 0.5) is 5.69 Å². The zero-order valence-corrected chi connectivity index (χ0v) is 17.8. The Morgan fingerprint density at radius 1 is 1.03 bits per heavy atom. The van der Waals surface area contributed by atoms with Crippen molar-refractivity contribution in [2.24, 2.45) is 0 Å². The minimum absolute atomic E-state index is 0.00310. The summed E-state index contributed by atoms with van der Waals surface area (Å²) in [4.78, 5) is 53.4. The molecular formula is C25H20N2O6. The van der Waals surface area contributed by atoms with Gasteiger partial charge in [-0.05, 0) is 55.3 Å². The largest absolute Gasteiger partial charge is 0.467 e. The third-order valence-corrected chi connectivity index (χ3v) is 5.90. The summed E-state index contributed by atoms with van der Waals surface area (Å²) in [7, 11) is 0. The van der Waals surface area contributed by atoms with Crippen molar-refractivity contribution in [2.75, 3.05) is 11.5 Å². The van der Waals surface area contributed by atoms with Crippen LogP contribution >= 0.6 is 0 Å². The van der Waals surface area contributed by atoms with Gasteiger partial charge < -0.3 is 14.1 Å². The highest BCUT2D eigenvalue weighted by molar-refractivity contribution is 6.21. The van der Waals surface area contributed by atoms with Crippen LogP contribution in [-0.2, 0) is 22.5 Å². The zero-order valence-electron chi connectivity index (χ0n) is 17.8. The molecule has 0 radical (unpaired) electrons. The maximum absolute atomic E-state index is 12.8. The number of anilines is 1. The normalized spacial score (nSPS) is 16.7. The van der Waals surface area contributed by atoms with Crippen molar-refractivity contribution in [3.8, 4) is 0 Å². The van der Waals surface area contributed by atoms with E-state index in [1.165, 1.54) is 24.5 Å². The Hall–Kier alpha value is -4.20. The summed E-state index contributed by atoms with van der Waals surface area (Å²) in [6, 6.07) is 15.1. The third kappa shape index (κ3) is 3.59. The number of ether oxygens (including phenoxy) is 1. The molecule has 2 aliphatic heterocycles. The number of para-hydroxylation sites is 1. The first kappa shape index (κ1) is 20.7. The first-order valence-electron chi connectivity index (χ1n) is 10.5. The predicted molar refractivity (Wildman–Crippen MR) is 117 cm³/mol. The van der Waals surface area contributed by atoms with Crippen molar-refractivity contribution in [1.82, 2.24) is 4.90 Å². The molecule has 0 fully saturated rings.